The zero-order valence-electron chi connectivity index (χ0n) is 16.1. The quantitative estimate of drug-likeness (QED) is 0.403. The number of anilines is 2. The molecule has 0 radical (unpaired) electrons. The average molecular weight is 408 g/mol. The summed E-state index contributed by atoms with van der Waals surface area (Å²) >= 11 is 0. The lowest BCUT2D eigenvalue weighted by molar-refractivity contribution is 0.102. The first-order valence-electron chi connectivity index (χ1n) is 9.85. The third-order valence-corrected chi connectivity index (χ3v) is 5.40. The van der Waals surface area contributed by atoms with Crippen LogP contribution in [0.1, 0.15) is 16.8 Å². The fraction of sp³-hybridized carbons (Fsp3) is 0.300. The van der Waals surface area contributed by atoms with Gasteiger partial charge in [0.1, 0.15) is 23.2 Å². The van der Waals surface area contributed by atoms with E-state index in [0.29, 0.717) is 41.5 Å². The predicted octanol–water partition coefficient (Wildman–Crippen LogP) is 2.22. The van der Waals surface area contributed by atoms with Crippen molar-refractivity contribution in [1.82, 2.24) is 29.9 Å². The number of hydrogen-bond donors (Lipinski definition) is 4. The number of aromatic nitrogens is 5. The van der Waals surface area contributed by atoms with E-state index in [0.717, 1.165) is 18.4 Å². The highest BCUT2D eigenvalue weighted by Crippen LogP contribution is 2.22. The van der Waals surface area contributed by atoms with E-state index in [2.05, 4.69) is 36.0 Å². The van der Waals surface area contributed by atoms with E-state index in [4.69, 9.17) is 0 Å². The molecule has 0 saturated carbocycles. The van der Waals surface area contributed by atoms with Gasteiger partial charge in [0.05, 0.1) is 11.9 Å². The van der Waals surface area contributed by atoms with E-state index in [1.54, 1.807) is 29.2 Å². The van der Waals surface area contributed by atoms with Crippen molar-refractivity contribution in [1.29, 1.82) is 0 Å². The highest BCUT2D eigenvalue weighted by atomic mass is 19.1. The van der Waals surface area contributed by atoms with Gasteiger partial charge in [-0.3, -0.25) is 4.79 Å². The van der Waals surface area contributed by atoms with Crippen LogP contribution in [0.25, 0.3) is 16.7 Å². The number of rotatable bonds is 5. The molecule has 0 bridgehead atoms. The highest BCUT2D eigenvalue weighted by molar-refractivity contribution is 6.11. The third kappa shape index (κ3) is 3.45. The number of carbonyl (C=O) groups excluding carboxylic acids is 1. The maximum absolute atomic E-state index is 14.0. The minimum absolute atomic E-state index is 0.0626. The van der Waals surface area contributed by atoms with Gasteiger partial charge in [-0.25, -0.2) is 18.9 Å². The Morgan fingerprint density at radius 3 is 3.20 bits per heavy atom. The lowest BCUT2D eigenvalue weighted by Crippen LogP contribution is -2.40. The van der Waals surface area contributed by atoms with E-state index in [1.165, 1.54) is 6.20 Å². The summed E-state index contributed by atoms with van der Waals surface area (Å²) in [5.41, 5.74) is 2.11. The summed E-state index contributed by atoms with van der Waals surface area (Å²) in [5, 5.41) is 14.2. The molecular formula is C20H21FN8O. The van der Waals surface area contributed by atoms with Gasteiger partial charge in [0.2, 0.25) is 0 Å². The SMILES string of the molecule is O=C(Nc1c[nH]c2ncccc12)c1cnn2ccc(NC[C@H]3CCNC[C@H]3F)nc12. The zero-order valence-corrected chi connectivity index (χ0v) is 16.1. The van der Waals surface area contributed by atoms with Crippen molar-refractivity contribution in [2.75, 3.05) is 30.3 Å². The number of halogens is 1. The van der Waals surface area contributed by atoms with Crippen molar-refractivity contribution >= 4 is 34.1 Å². The molecule has 1 saturated heterocycles. The molecule has 4 aromatic rings. The fourth-order valence-electron chi connectivity index (χ4n) is 3.72. The first kappa shape index (κ1) is 18.5. The largest absolute Gasteiger partial charge is 0.370 e. The van der Waals surface area contributed by atoms with Crippen LogP contribution in [0.5, 0.6) is 0 Å². The van der Waals surface area contributed by atoms with Crippen LogP contribution >= 0.6 is 0 Å². The monoisotopic (exact) mass is 408 g/mol. The van der Waals surface area contributed by atoms with Gasteiger partial charge >= 0.3 is 0 Å². The molecule has 5 rings (SSSR count). The molecule has 30 heavy (non-hydrogen) atoms. The molecule has 0 spiro atoms. The van der Waals surface area contributed by atoms with Crippen LogP contribution in [0.3, 0.4) is 0 Å². The zero-order chi connectivity index (χ0) is 20.5. The molecule has 0 aliphatic carbocycles. The Kier molecular flexibility index (Phi) is 4.75. The molecule has 5 heterocycles. The third-order valence-electron chi connectivity index (χ3n) is 5.40. The number of nitrogens with one attached hydrogen (secondary N) is 4. The van der Waals surface area contributed by atoms with Gasteiger partial charge in [0.15, 0.2) is 5.65 Å². The number of amides is 1. The Hall–Kier alpha value is -3.53. The number of aromatic amines is 1. The van der Waals surface area contributed by atoms with Crippen LogP contribution in [0.15, 0.2) is 43.0 Å². The number of alkyl halides is 1. The molecule has 2 atom stereocenters. The first-order valence-corrected chi connectivity index (χ1v) is 9.85. The number of pyridine rings is 1. The van der Waals surface area contributed by atoms with E-state index < -0.39 is 6.17 Å². The van der Waals surface area contributed by atoms with Crippen LogP contribution in [0.4, 0.5) is 15.9 Å². The Balaban J connectivity index is 1.35. The standard InChI is InChI=1S/C20H21FN8O/c21-15-10-22-6-3-12(15)8-24-17-4-7-29-19(28-17)14(9-26-29)20(30)27-16-11-25-18-13(16)2-1-5-23-18/h1-2,4-5,7,9,11-12,15,22H,3,6,8,10H2,(H,23,25)(H,24,28)(H,27,30)/t12-,15-/m1/s1. The number of carbonyl (C=O) groups is 1. The van der Waals surface area contributed by atoms with Gasteiger partial charge in [-0.05, 0) is 31.2 Å². The normalized spacial score (nSPS) is 19.2. The maximum Gasteiger partial charge on any atom is 0.261 e. The molecule has 154 valence electrons. The molecule has 4 N–H and O–H groups in total. The summed E-state index contributed by atoms with van der Waals surface area (Å²) in [6.45, 7) is 1.69. The average Bonchev–Trinajstić information content (AvgIpc) is 3.37. The molecule has 9 nitrogen and oxygen atoms in total. The van der Waals surface area contributed by atoms with Gasteiger partial charge in [-0.2, -0.15) is 5.10 Å². The Bertz CT molecular complexity index is 1200. The summed E-state index contributed by atoms with van der Waals surface area (Å²) in [5.74, 6) is 0.202. The number of fused-ring (bicyclic) bond motifs is 2. The van der Waals surface area contributed by atoms with E-state index >= 15 is 0 Å². The smallest absolute Gasteiger partial charge is 0.261 e. The topological polar surface area (TPSA) is 112 Å². The van der Waals surface area contributed by atoms with Crippen molar-refractivity contribution in [3.63, 3.8) is 0 Å². The van der Waals surface area contributed by atoms with Gasteiger partial charge in [-0.1, -0.05) is 0 Å². The van der Waals surface area contributed by atoms with Crippen molar-refractivity contribution in [3.05, 3.63) is 48.5 Å². The number of H-pyrrole nitrogens is 1. The summed E-state index contributed by atoms with van der Waals surface area (Å²) in [6.07, 6.45) is 6.50. The van der Waals surface area contributed by atoms with Crippen LogP contribution in [-0.2, 0) is 0 Å². The van der Waals surface area contributed by atoms with Crippen molar-refractivity contribution in [3.8, 4) is 0 Å². The van der Waals surface area contributed by atoms with E-state index in [9.17, 15) is 9.18 Å². The van der Waals surface area contributed by atoms with Crippen LogP contribution in [0, 0.1) is 5.92 Å². The van der Waals surface area contributed by atoms with Crippen LogP contribution in [-0.4, -0.2) is 56.3 Å². The lowest BCUT2D eigenvalue weighted by atomic mass is 9.96. The molecule has 1 aliphatic heterocycles. The molecule has 1 amide bonds. The van der Waals surface area contributed by atoms with Crippen molar-refractivity contribution < 1.29 is 9.18 Å². The maximum atomic E-state index is 14.0. The number of nitrogens with zero attached hydrogens (tertiary/aromatic N) is 4. The van der Waals surface area contributed by atoms with Gasteiger partial charge in [-0.15, -0.1) is 0 Å². The van der Waals surface area contributed by atoms with Crippen LogP contribution in [0.2, 0.25) is 0 Å². The Labute approximate surface area is 171 Å². The number of hydrogen-bond acceptors (Lipinski definition) is 6. The highest BCUT2D eigenvalue weighted by Gasteiger charge is 2.24. The summed E-state index contributed by atoms with van der Waals surface area (Å²) in [6, 6.07) is 5.45. The van der Waals surface area contributed by atoms with Crippen molar-refractivity contribution in [2.24, 2.45) is 5.92 Å². The minimum atomic E-state index is -0.878. The Morgan fingerprint density at radius 1 is 1.37 bits per heavy atom. The molecule has 0 aromatic carbocycles. The van der Waals surface area contributed by atoms with E-state index in [-0.39, 0.29) is 11.8 Å². The molecular weight excluding hydrogens is 387 g/mol. The Morgan fingerprint density at radius 2 is 2.30 bits per heavy atom. The minimum Gasteiger partial charge on any atom is -0.370 e. The van der Waals surface area contributed by atoms with Gasteiger partial charge in [0.25, 0.3) is 5.91 Å². The van der Waals surface area contributed by atoms with Crippen molar-refractivity contribution in [2.45, 2.75) is 12.6 Å². The van der Waals surface area contributed by atoms with Gasteiger partial charge < -0.3 is 20.9 Å². The fourth-order valence-corrected chi connectivity index (χ4v) is 3.72. The molecule has 1 fully saturated rings. The second kappa shape index (κ2) is 7.71. The molecule has 0 unspecified atom stereocenters. The summed E-state index contributed by atoms with van der Waals surface area (Å²) < 4.78 is 15.6. The number of piperidine rings is 1. The summed E-state index contributed by atoms with van der Waals surface area (Å²) in [7, 11) is 0. The summed E-state index contributed by atoms with van der Waals surface area (Å²) in [4.78, 5) is 24.7. The second-order valence-electron chi connectivity index (χ2n) is 7.35. The van der Waals surface area contributed by atoms with E-state index in [1.807, 2.05) is 12.1 Å². The van der Waals surface area contributed by atoms with Crippen LogP contribution < -0.4 is 16.0 Å². The lowest BCUT2D eigenvalue weighted by Gasteiger charge is -2.26. The molecule has 4 aromatic heterocycles. The predicted molar refractivity (Wildman–Crippen MR) is 111 cm³/mol. The molecule has 10 heteroatoms. The second-order valence-corrected chi connectivity index (χ2v) is 7.35. The van der Waals surface area contributed by atoms with Gasteiger partial charge in [0, 0.05) is 43.0 Å². The first-order chi connectivity index (χ1) is 14.7. The molecule has 1 aliphatic rings.